The second-order valence-corrected chi connectivity index (χ2v) is 9.62. The molecule has 0 fully saturated rings. The summed E-state index contributed by atoms with van der Waals surface area (Å²) in [5, 5.41) is 0.923. The molecule has 0 unspecified atom stereocenters. The number of hydrogen-bond acceptors (Lipinski definition) is 0. The van der Waals surface area contributed by atoms with Crippen LogP contribution in [-0.4, -0.2) is 19.3 Å². The van der Waals surface area contributed by atoms with Crippen molar-refractivity contribution in [3.63, 3.8) is 0 Å². The van der Waals surface area contributed by atoms with Crippen molar-refractivity contribution >= 4 is 49.7 Å². The van der Waals surface area contributed by atoms with Crippen LogP contribution in [0, 0.1) is 0 Å². The van der Waals surface area contributed by atoms with Crippen LogP contribution in [0.1, 0.15) is 0 Å². The van der Waals surface area contributed by atoms with Gasteiger partial charge in [0.25, 0.3) is 0 Å². The van der Waals surface area contributed by atoms with Crippen LogP contribution in [0.4, 0.5) is 5.78 Å². The molecule has 0 aliphatic carbocycles. The Hall–Kier alpha value is -0.330. The summed E-state index contributed by atoms with van der Waals surface area (Å²) in [6.07, 6.45) is 0. The van der Waals surface area contributed by atoms with Gasteiger partial charge in [0.2, 0.25) is 0 Å². The summed E-state index contributed by atoms with van der Waals surface area (Å²) < 4.78 is 28.7. The van der Waals surface area contributed by atoms with Crippen LogP contribution in [0.15, 0.2) is 48.5 Å². The van der Waals surface area contributed by atoms with Crippen molar-refractivity contribution in [2.75, 3.05) is 0 Å². The summed E-state index contributed by atoms with van der Waals surface area (Å²) in [6.45, 7) is 0. The topological polar surface area (TPSA) is 0 Å². The number of hydrogen-bond donors (Lipinski definition) is 0. The fraction of sp³-hybridized carbons (Fsp3) is 0. The monoisotopic (exact) mass is 390 g/mol. The molecule has 0 heterocycles. The fourth-order valence-electron chi connectivity index (χ4n) is 1.35. The number of halogens is 4. The van der Waals surface area contributed by atoms with Gasteiger partial charge in [0.1, 0.15) is 0 Å². The van der Waals surface area contributed by atoms with Crippen molar-refractivity contribution in [2.24, 2.45) is 0 Å². The first kappa shape index (κ1) is 13.1. The molecule has 0 aliphatic heterocycles. The maximum absolute atomic E-state index is 14.3. The summed E-state index contributed by atoms with van der Waals surface area (Å²) in [5.41, 5.74) is 0. The second kappa shape index (κ2) is 5.12. The number of benzene rings is 2. The first-order chi connectivity index (χ1) is 8.00. The van der Waals surface area contributed by atoms with Crippen molar-refractivity contribution in [1.29, 1.82) is 0 Å². The summed E-state index contributed by atoms with van der Waals surface area (Å²) in [4.78, 5) is 0. The van der Waals surface area contributed by atoms with Crippen molar-refractivity contribution in [3.8, 4) is 0 Å². The van der Waals surface area contributed by atoms with E-state index in [1.807, 2.05) is 0 Å². The van der Waals surface area contributed by atoms with Crippen LogP contribution >= 0.6 is 23.2 Å². The molecule has 0 saturated heterocycles. The fourth-order valence-corrected chi connectivity index (χ4v) is 5.10. The summed E-state index contributed by atoms with van der Waals surface area (Å²) in [5.74, 6) is 0. The molecule has 0 bridgehead atoms. The molecule has 0 saturated carbocycles. The van der Waals surface area contributed by atoms with Gasteiger partial charge < -0.3 is 0 Å². The Labute approximate surface area is 114 Å². The zero-order chi connectivity index (χ0) is 12.5. The van der Waals surface area contributed by atoms with Gasteiger partial charge in [-0.3, -0.25) is 0 Å². The normalized spacial score (nSPS) is 12.5. The van der Waals surface area contributed by atoms with Crippen molar-refractivity contribution in [3.05, 3.63) is 58.6 Å². The van der Waals surface area contributed by atoms with Gasteiger partial charge in [-0.05, 0) is 0 Å². The quantitative estimate of drug-likeness (QED) is 0.691. The van der Waals surface area contributed by atoms with E-state index in [4.69, 9.17) is 23.2 Å². The van der Waals surface area contributed by atoms with Gasteiger partial charge in [-0.2, -0.15) is 0 Å². The van der Waals surface area contributed by atoms with E-state index in [0.29, 0.717) is 10.0 Å². The average molecular weight is 389 g/mol. The predicted molar refractivity (Wildman–Crippen MR) is 70.1 cm³/mol. The van der Waals surface area contributed by atoms with Crippen LogP contribution in [0.5, 0.6) is 0 Å². The molecule has 0 aliphatic rings. The maximum atomic E-state index is 14.3. The Kier molecular flexibility index (Phi) is 3.95. The van der Waals surface area contributed by atoms with E-state index in [1.54, 1.807) is 0 Å². The Morgan fingerprint density at radius 3 is 1.24 bits per heavy atom. The molecule has 0 radical (unpaired) electrons. The van der Waals surface area contributed by atoms with Crippen LogP contribution in [-0.2, 0) is 0 Å². The molecule has 90 valence electrons. The van der Waals surface area contributed by atoms with E-state index in [1.165, 1.54) is 48.5 Å². The summed E-state index contributed by atoms with van der Waals surface area (Å²) in [7, 11) is 0. The molecule has 2 aromatic rings. The van der Waals surface area contributed by atoms with E-state index in [0.717, 1.165) is 0 Å². The van der Waals surface area contributed by atoms with E-state index in [9.17, 15) is 5.78 Å². The minimum absolute atomic E-state index is 0.0967. The van der Waals surface area contributed by atoms with Gasteiger partial charge in [0.05, 0.1) is 0 Å². The molecule has 0 amide bonds. The van der Waals surface area contributed by atoms with Gasteiger partial charge in [0, 0.05) is 0 Å². The first-order valence-electron chi connectivity index (χ1n) is 4.74. The van der Waals surface area contributed by atoms with E-state index >= 15 is 0 Å². The number of rotatable bonds is 2. The third-order valence-corrected chi connectivity index (χ3v) is 7.66. The SMILES string of the molecule is F[Te](F)(c1ccc(Cl)cc1)c1ccc(Cl)cc1. The third kappa shape index (κ3) is 2.92. The Balaban J connectivity index is 2.41. The molecule has 5 heteroatoms. The van der Waals surface area contributed by atoms with Crippen molar-refractivity contribution in [1.82, 2.24) is 0 Å². The third-order valence-electron chi connectivity index (χ3n) is 2.22. The molecule has 0 atom stereocenters. The van der Waals surface area contributed by atoms with E-state index in [2.05, 4.69) is 0 Å². The van der Waals surface area contributed by atoms with Crippen LogP contribution < -0.4 is 7.22 Å². The van der Waals surface area contributed by atoms with Crippen LogP contribution in [0.25, 0.3) is 0 Å². The van der Waals surface area contributed by atoms with Crippen LogP contribution in [0.2, 0.25) is 10.0 Å². The van der Waals surface area contributed by atoms with E-state index < -0.39 is 19.3 Å². The Morgan fingerprint density at radius 2 is 0.941 bits per heavy atom. The van der Waals surface area contributed by atoms with Gasteiger partial charge in [-0.15, -0.1) is 0 Å². The van der Waals surface area contributed by atoms with Crippen LogP contribution in [0.3, 0.4) is 0 Å². The Morgan fingerprint density at radius 1 is 0.647 bits per heavy atom. The van der Waals surface area contributed by atoms with Crippen molar-refractivity contribution in [2.45, 2.75) is 0 Å². The van der Waals surface area contributed by atoms with E-state index in [-0.39, 0.29) is 7.22 Å². The van der Waals surface area contributed by atoms with Gasteiger partial charge in [-0.25, -0.2) is 0 Å². The second-order valence-electron chi connectivity index (χ2n) is 3.38. The average Bonchev–Trinajstić information content (AvgIpc) is 2.30. The van der Waals surface area contributed by atoms with Gasteiger partial charge >= 0.3 is 114 Å². The molecule has 2 rings (SSSR count). The zero-order valence-electron chi connectivity index (χ0n) is 8.54. The summed E-state index contributed by atoms with van der Waals surface area (Å²) >= 11 is 6.18. The molecular formula is C12H8Cl2F2Te. The van der Waals surface area contributed by atoms with Gasteiger partial charge in [-0.1, -0.05) is 0 Å². The molecule has 0 N–H and O–H groups in total. The van der Waals surface area contributed by atoms with Crippen molar-refractivity contribution < 1.29 is 5.78 Å². The summed E-state index contributed by atoms with van der Waals surface area (Å²) in [6, 6.07) is 11.6. The molecule has 0 nitrogen and oxygen atoms in total. The first-order valence-corrected chi connectivity index (χ1v) is 9.59. The molecular weight excluding hydrogens is 381 g/mol. The predicted octanol–water partition coefficient (Wildman–Crippen LogP) is 3.49. The minimum atomic E-state index is -5.20. The zero-order valence-corrected chi connectivity index (χ0v) is 12.4. The molecule has 2 aromatic carbocycles. The molecule has 0 aromatic heterocycles. The Bertz CT molecular complexity index is 462. The molecule has 17 heavy (non-hydrogen) atoms. The standard InChI is InChI=1S/C12H8Cl2F2Te/c13-9-1-5-11(6-2-9)17(15,16)12-7-3-10(14)4-8-12/h1-8H. The van der Waals surface area contributed by atoms with Gasteiger partial charge in [0.15, 0.2) is 0 Å². The molecule has 0 spiro atoms.